The van der Waals surface area contributed by atoms with Crippen molar-refractivity contribution >= 4 is 0 Å². The maximum absolute atomic E-state index is 5.84. The molecule has 1 fully saturated rings. The third-order valence-corrected chi connectivity index (χ3v) is 2.89. The summed E-state index contributed by atoms with van der Waals surface area (Å²) in [4.78, 5) is 0. The van der Waals surface area contributed by atoms with Gasteiger partial charge in [0.25, 0.3) is 0 Å². The Morgan fingerprint density at radius 3 is 2.82 bits per heavy atom. The van der Waals surface area contributed by atoms with Crippen LogP contribution in [0.5, 0.6) is 0 Å². The fourth-order valence-corrected chi connectivity index (χ4v) is 2.14. The van der Waals surface area contributed by atoms with Crippen LogP contribution in [0.15, 0.2) is 24.3 Å². The van der Waals surface area contributed by atoms with Gasteiger partial charge in [0.05, 0.1) is 6.61 Å². The average molecular weight is 235 g/mol. The Kier molecular flexibility index (Phi) is 3.52. The second kappa shape index (κ2) is 4.77. The van der Waals surface area contributed by atoms with Gasteiger partial charge in [0, 0.05) is 6.04 Å². The standard InChI is InChI=1S/C14H21NO2/c1-10(15)7-11-5-4-6-12(8-11)13-9-16-14(2,3)17-13/h4-6,8,10,13H,7,9,15H2,1-3H3. The Morgan fingerprint density at radius 2 is 2.24 bits per heavy atom. The van der Waals surface area contributed by atoms with Gasteiger partial charge in [0.2, 0.25) is 0 Å². The van der Waals surface area contributed by atoms with Crippen molar-refractivity contribution in [2.75, 3.05) is 6.61 Å². The first-order chi connectivity index (χ1) is 7.96. The summed E-state index contributed by atoms with van der Waals surface area (Å²) in [5.74, 6) is -0.470. The Morgan fingerprint density at radius 1 is 1.47 bits per heavy atom. The molecule has 0 radical (unpaired) electrons. The van der Waals surface area contributed by atoms with Crippen molar-refractivity contribution in [3.8, 4) is 0 Å². The molecule has 0 aromatic heterocycles. The molecule has 2 unspecified atom stereocenters. The third-order valence-electron chi connectivity index (χ3n) is 2.89. The van der Waals surface area contributed by atoms with Gasteiger partial charge in [0.1, 0.15) is 6.10 Å². The van der Waals surface area contributed by atoms with Crippen LogP contribution in [0.25, 0.3) is 0 Å². The topological polar surface area (TPSA) is 44.5 Å². The Bertz CT molecular complexity index is 388. The average Bonchev–Trinajstić information content (AvgIpc) is 2.58. The molecule has 0 aliphatic carbocycles. The number of hydrogen-bond acceptors (Lipinski definition) is 3. The van der Waals surface area contributed by atoms with Gasteiger partial charge < -0.3 is 15.2 Å². The summed E-state index contributed by atoms with van der Waals surface area (Å²) in [5.41, 5.74) is 8.25. The molecule has 3 heteroatoms. The number of rotatable bonds is 3. The van der Waals surface area contributed by atoms with Gasteiger partial charge in [-0.1, -0.05) is 24.3 Å². The molecule has 0 amide bonds. The molecule has 94 valence electrons. The fraction of sp³-hybridized carbons (Fsp3) is 0.571. The molecule has 17 heavy (non-hydrogen) atoms. The van der Waals surface area contributed by atoms with Crippen LogP contribution < -0.4 is 5.73 Å². The molecular weight excluding hydrogens is 214 g/mol. The lowest BCUT2D eigenvalue weighted by Crippen LogP contribution is -2.20. The van der Waals surface area contributed by atoms with Gasteiger partial charge in [-0.2, -0.15) is 0 Å². The molecule has 1 saturated heterocycles. The molecule has 0 spiro atoms. The van der Waals surface area contributed by atoms with E-state index < -0.39 is 5.79 Å². The van der Waals surface area contributed by atoms with Crippen molar-refractivity contribution in [3.05, 3.63) is 35.4 Å². The lowest BCUT2D eigenvalue weighted by molar-refractivity contribution is -0.139. The number of ether oxygens (including phenoxy) is 2. The van der Waals surface area contributed by atoms with E-state index >= 15 is 0 Å². The summed E-state index contributed by atoms with van der Waals surface area (Å²) in [6.07, 6.45) is 0.934. The molecule has 2 rings (SSSR count). The first kappa shape index (κ1) is 12.6. The summed E-state index contributed by atoms with van der Waals surface area (Å²) in [7, 11) is 0. The predicted octanol–water partition coefficient (Wildman–Crippen LogP) is 2.40. The molecule has 1 aromatic carbocycles. The van der Waals surface area contributed by atoms with Gasteiger partial charge in [-0.25, -0.2) is 0 Å². The van der Waals surface area contributed by atoms with E-state index in [9.17, 15) is 0 Å². The molecule has 3 nitrogen and oxygen atoms in total. The van der Waals surface area contributed by atoms with Crippen LogP contribution in [0.4, 0.5) is 0 Å². The fourth-order valence-electron chi connectivity index (χ4n) is 2.14. The van der Waals surface area contributed by atoms with Crippen LogP contribution in [0.2, 0.25) is 0 Å². The van der Waals surface area contributed by atoms with E-state index in [1.54, 1.807) is 0 Å². The van der Waals surface area contributed by atoms with Crippen molar-refractivity contribution in [1.29, 1.82) is 0 Å². The number of hydrogen-bond donors (Lipinski definition) is 1. The van der Waals surface area contributed by atoms with E-state index in [0.29, 0.717) is 6.61 Å². The van der Waals surface area contributed by atoms with Crippen molar-refractivity contribution < 1.29 is 9.47 Å². The zero-order valence-corrected chi connectivity index (χ0v) is 10.8. The summed E-state index contributed by atoms with van der Waals surface area (Å²) < 4.78 is 11.4. The van der Waals surface area contributed by atoms with E-state index in [1.165, 1.54) is 11.1 Å². The molecule has 0 bridgehead atoms. The highest BCUT2D eigenvalue weighted by atomic mass is 16.7. The zero-order valence-electron chi connectivity index (χ0n) is 10.8. The van der Waals surface area contributed by atoms with Gasteiger partial charge in [-0.15, -0.1) is 0 Å². The molecule has 1 aliphatic rings. The van der Waals surface area contributed by atoms with E-state index in [0.717, 1.165) is 6.42 Å². The largest absolute Gasteiger partial charge is 0.347 e. The summed E-state index contributed by atoms with van der Waals surface area (Å²) in [5, 5.41) is 0. The Balaban J connectivity index is 2.11. The van der Waals surface area contributed by atoms with Crippen molar-refractivity contribution in [3.63, 3.8) is 0 Å². The molecule has 1 aliphatic heterocycles. The van der Waals surface area contributed by atoms with Crippen molar-refractivity contribution in [1.82, 2.24) is 0 Å². The smallest absolute Gasteiger partial charge is 0.163 e. The Hall–Kier alpha value is -0.900. The lowest BCUT2D eigenvalue weighted by Gasteiger charge is -2.17. The molecule has 1 aromatic rings. The van der Waals surface area contributed by atoms with E-state index in [4.69, 9.17) is 15.2 Å². The molecule has 1 heterocycles. The van der Waals surface area contributed by atoms with Crippen LogP contribution in [-0.2, 0) is 15.9 Å². The maximum Gasteiger partial charge on any atom is 0.163 e. The molecule has 2 N–H and O–H groups in total. The minimum absolute atomic E-state index is 0.0398. The molecule has 2 atom stereocenters. The van der Waals surface area contributed by atoms with Crippen LogP contribution in [0.1, 0.15) is 38.0 Å². The van der Waals surface area contributed by atoms with E-state index in [-0.39, 0.29) is 12.1 Å². The van der Waals surface area contributed by atoms with Gasteiger partial charge in [0.15, 0.2) is 5.79 Å². The molecule has 0 saturated carbocycles. The number of nitrogens with two attached hydrogens (primary N) is 1. The summed E-state index contributed by atoms with van der Waals surface area (Å²) >= 11 is 0. The van der Waals surface area contributed by atoms with Crippen LogP contribution in [0.3, 0.4) is 0 Å². The summed E-state index contributed by atoms with van der Waals surface area (Å²) in [6.45, 7) is 6.53. The zero-order chi connectivity index (χ0) is 12.5. The van der Waals surface area contributed by atoms with Crippen molar-refractivity contribution in [2.24, 2.45) is 5.73 Å². The normalized spacial score (nSPS) is 24.8. The van der Waals surface area contributed by atoms with Crippen LogP contribution >= 0.6 is 0 Å². The number of benzene rings is 1. The quantitative estimate of drug-likeness (QED) is 0.875. The highest BCUT2D eigenvalue weighted by Gasteiger charge is 2.33. The maximum atomic E-state index is 5.84. The minimum atomic E-state index is -0.470. The van der Waals surface area contributed by atoms with Gasteiger partial charge in [-0.3, -0.25) is 0 Å². The van der Waals surface area contributed by atoms with Crippen LogP contribution in [-0.4, -0.2) is 18.4 Å². The molecular formula is C14H21NO2. The monoisotopic (exact) mass is 235 g/mol. The van der Waals surface area contributed by atoms with Crippen molar-refractivity contribution in [2.45, 2.75) is 45.1 Å². The minimum Gasteiger partial charge on any atom is -0.347 e. The first-order valence-corrected chi connectivity index (χ1v) is 6.12. The SMILES string of the molecule is CC(N)Cc1cccc(C2COC(C)(C)O2)c1. The third kappa shape index (κ3) is 3.28. The highest BCUT2D eigenvalue weighted by Crippen LogP contribution is 2.32. The lowest BCUT2D eigenvalue weighted by atomic mass is 10.0. The van der Waals surface area contributed by atoms with Gasteiger partial charge in [-0.05, 0) is 38.3 Å². The van der Waals surface area contributed by atoms with E-state index in [2.05, 4.69) is 24.3 Å². The second-order valence-electron chi connectivity index (χ2n) is 5.24. The highest BCUT2D eigenvalue weighted by molar-refractivity contribution is 5.26. The van der Waals surface area contributed by atoms with Crippen LogP contribution in [0, 0.1) is 0 Å². The predicted molar refractivity (Wildman–Crippen MR) is 67.7 cm³/mol. The second-order valence-corrected chi connectivity index (χ2v) is 5.24. The Labute approximate surface area is 103 Å². The first-order valence-electron chi connectivity index (χ1n) is 6.12. The summed E-state index contributed by atoms with van der Waals surface area (Å²) in [6, 6.07) is 8.59. The van der Waals surface area contributed by atoms with E-state index in [1.807, 2.05) is 20.8 Å². The van der Waals surface area contributed by atoms with Gasteiger partial charge >= 0.3 is 0 Å².